The van der Waals surface area contributed by atoms with Crippen LogP contribution in [0.3, 0.4) is 0 Å². The van der Waals surface area contributed by atoms with Crippen LogP contribution in [0.15, 0.2) is 30.7 Å². The molecule has 0 aliphatic carbocycles. The summed E-state index contributed by atoms with van der Waals surface area (Å²) < 4.78 is 3.48. The summed E-state index contributed by atoms with van der Waals surface area (Å²) in [6, 6.07) is 3.54. The zero-order valence-electron chi connectivity index (χ0n) is 14.5. The molecule has 0 spiro atoms. The van der Waals surface area contributed by atoms with Crippen molar-refractivity contribution in [3.05, 3.63) is 47.7 Å². The summed E-state index contributed by atoms with van der Waals surface area (Å²) in [4.78, 5) is 21.1. The van der Waals surface area contributed by atoms with E-state index in [4.69, 9.17) is 0 Å². The minimum absolute atomic E-state index is 0.0253. The Morgan fingerprint density at radius 2 is 2.00 bits per heavy atom. The minimum Gasteiger partial charge on any atom is -0.335 e. The van der Waals surface area contributed by atoms with Gasteiger partial charge in [-0.25, -0.2) is 9.50 Å². The SMILES string of the molecule is Cc1nn(C)cc1CN1CCN(C(=O)c2cc3ncccn3n2)CC1. The molecule has 1 amide bonds. The smallest absolute Gasteiger partial charge is 0.274 e. The molecular formula is C17H21N7O. The van der Waals surface area contributed by atoms with E-state index in [0.29, 0.717) is 24.4 Å². The fourth-order valence-electron chi connectivity index (χ4n) is 3.25. The predicted octanol–water partition coefficient (Wildman–Crippen LogP) is 0.729. The van der Waals surface area contributed by atoms with Crippen molar-refractivity contribution in [2.45, 2.75) is 13.5 Å². The number of aromatic nitrogens is 5. The minimum atomic E-state index is -0.0253. The highest BCUT2D eigenvalue weighted by atomic mass is 16.2. The Kier molecular flexibility index (Phi) is 3.96. The van der Waals surface area contributed by atoms with Crippen LogP contribution in [-0.2, 0) is 13.6 Å². The molecule has 8 heteroatoms. The zero-order chi connectivity index (χ0) is 17.4. The maximum atomic E-state index is 12.7. The molecule has 8 nitrogen and oxygen atoms in total. The first kappa shape index (κ1) is 15.8. The van der Waals surface area contributed by atoms with Gasteiger partial charge in [-0.15, -0.1) is 0 Å². The highest BCUT2D eigenvalue weighted by Gasteiger charge is 2.24. The van der Waals surface area contributed by atoms with Gasteiger partial charge in [0.1, 0.15) is 0 Å². The van der Waals surface area contributed by atoms with Gasteiger partial charge in [-0.3, -0.25) is 14.4 Å². The Morgan fingerprint density at radius 3 is 2.68 bits per heavy atom. The van der Waals surface area contributed by atoms with E-state index in [-0.39, 0.29) is 5.91 Å². The average molecular weight is 339 g/mol. The first-order chi connectivity index (χ1) is 12.1. The van der Waals surface area contributed by atoms with Crippen LogP contribution in [0.1, 0.15) is 21.7 Å². The molecule has 0 unspecified atom stereocenters. The molecule has 1 saturated heterocycles. The van der Waals surface area contributed by atoms with E-state index in [1.165, 1.54) is 5.56 Å². The third kappa shape index (κ3) is 3.12. The second-order valence-electron chi connectivity index (χ2n) is 6.43. The van der Waals surface area contributed by atoms with E-state index in [1.807, 2.05) is 23.6 Å². The third-order valence-electron chi connectivity index (χ3n) is 4.62. The van der Waals surface area contributed by atoms with Gasteiger partial charge >= 0.3 is 0 Å². The lowest BCUT2D eigenvalue weighted by Crippen LogP contribution is -2.48. The Morgan fingerprint density at radius 1 is 1.20 bits per heavy atom. The van der Waals surface area contributed by atoms with Gasteiger partial charge in [0.15, 0.2) is 11.3 Å². The van der Waals surface area contributed by atoms with Gasteiger partial charge in [-0.2, -0.15) is 10.2 Å². The second-order valence-corrected chi connectivity index (χ2v) is 6.43. The van der Waals surface area contributed by atoms with Crippen molar-refractivity contribution in [1.82, 2.24) is 34.2 Å². The molecule has 1 aliphatic heterocycles. The summed E-state index contributed by atoms with van der Waals surface area (Å²) in [6.45, 7) is 6.03. The number of hydrogen-bond donors (Lipinski definition) is 0. The number of carbonyl (C=O) groups is 1. The summed E-state index contributed by atoms with van der Waals surface area (Å²) in [7, 11) is 1.94. The number of carbonyl (C=O) groups excluding carboxylic acids is 1. The van der Waals surface area contributed by atoms with Crippen LogP contribution in [0.4, 0.5) is 0 Å². The Bertz CT molecular complexity index is 872. The molecule has 0 atom stereocenters. The van der Waals surface area contributed by atoms with Gasteiger partial charge in [0.05, 0.1) is 5.69 Å². The molecule has 0 bridgehead atoms. The number of fused-ring (bicyclic) bond motifs is 1. The van der Waals surface area contributed by atoms with E-state index in [2.05, 4.69) is 26.3 Å². The maximum absolute atomic E-state index is 12.7. The van der Waals surface area contributed by atoms with Crippen molar-refractivity contribution >= 4 is 11.6 Å². The number of aryl methyl sites for hydroxylation is 2. The van der Waals surface area contributed by atoms with Gasteiger partial charge in [0.2, 0.25) is 0 Å². The largest absolute Gasteiger partial charge is 0.335 e. The monoisotopic (exact) mass is 339 g/mol. The third-order valence-corrected chi connectivity index (χ3v) is 4.62. The van der Waals surface area contributed by atoms with Gasteiger partial charge in [-0.1, -0.05) is 0 Å². The molecule has 3 aromatic rings. The molecule has 4 rings (SSSR count). The Balaban J connectivity index is 1.39. The van der Waals surface area contributed by atoms with Gasteiger partial charge in [0.25, 0.3) is 5.91 Å². The second kappa shape index (κ2) is 6.29. The summed E-state index contributed by atoms with van der Waals surface area (Å²) in [6.07, 6.45) is 5.56. The zero-order valence-corrected chi connectivity index (χ0v) is 14.5. The van der Waals surface area contributed by atoms with Crippen molar-refractivity contribution in [2.24, 2.45) is 7.05 Å². The molecule has 4 heterocycles. The first-order valence-corrected chi connectivity index (χ1v) is 8.41. The van der Waals surface area contributed by atoms with Gasteiger partial charge in [-0.05, 0) is 13.0 Å². The quantitative estimate of drug-likeness (QED) is 0.703. The molecular weight excluding hydrogens is 318 g/mol. The van der Waals surface area contributed by atoms with E-state index < -0.39 is 0 Å². The summed E-state index contributed by atoms with van der Waals surface area (Å²) in [5, 5.41) is 8.72. The lowest BCUT2D eigenvalue weighted by molar-refractivity contribution is 0.0622. The van der Waals surface area contributed by atoms with Crippen molar-refractivity contribution < 1.29 is 4.79 Å². The fourth-order valence-corrected chi connectivity index (χ4v) is 3.25. The van der Waals surface area contributed by atoms with Crippen LogP contribution in [0.5, 0.6) is 0 Å². The normalized spacial score (nSPS) is 15.8. The fraction of sp³-hybridized carbons (Fsp3) is 0.412. The van der Waals surface area contributed by atoms with Crippen LogP contribution in [0, 0.1) is 6.92 Å². The first-order valence-electron chi connectivity index (χ1n) is 8.41. The number of amides is 1. The number of nitrogens with zero attached hydrogens (tertiary/aromatic N) is 7. The van der Waals surface area contributed by atoms with Crippen molar-refractivity contribution in [1.29, 1.82) is 0 Å². The lowest BCUT2D eigenvalue weighted by atomic mass is 10.2. The molecule has 130 valence electrons. The van der Waals surface area contributed by atoms with E-state index >= 15 is 0 Å². The standard InChI is InChI=1S/C17H21N7O/c1-13-14(11-21(2)19-13)12-22-6-8-23(9-7-22)17(25)15-10-16-18-4-3-5-24(16)20-15/h3-5,10-11H,6-9,12H2,1-2H3. The topological polar surface area (TPSA) is 71.6 Å². The molecule has 0 saturated carbocycles. The van der Waals surface area contributed by atoms with Crippen molar-refractivity contribution in [3.63, 3.8) is 0 Å². The lowest BCUT2D eigenvalue weighted by Gasteiger charge is -2.34. The molecule has 0 aromatic carbocycles. The molecule has 3 aromatic heterocycles. The van der Waals surface area contributed by atoms with Crippen molar-refractivity contribution in [3.8, 4) is 0 Å². The summed E-state index contributed by atoms with van der Waals surface area (Å²) in [5.74, 6) is -0.0253. The molecule has 25 heavy (non-hydrogen) atoms. The van der Waals surface area contributed by atoms with Crippen LogP contribution >= 0.6 is 0 Å². The van der Waals surface area contributed by atoms with Crippen molar-refractivity contribution in [2.75, 3.05) is 26.2 Å². The van der Waals surface area contributed by atoms with Crippen LogP contribution < -0.4 is 0 Å². The molecule has 1 aliphatic rings. The number of hydrogen-bond acceptors (Lipinski definition) is 5. The van der Waals surface area contributed by atoms with Crippen LogP contribution in [0.25, 0.3) is 5.65 Å². The van der Waals surface area contributed by atoms with E-state index in [9.17, 15) is 4.79 Å². The van der Waals surface area contributed by atoms with Crippen LogP contribution in [0.2, 0.25) is 0 Å². The number of rotatable bonds is 3. The predicted molar refractivity (Wildman–Crippen MR) is 92.1 cm³/mol. The maximum Gasteiger partial charge on any atom is 0.274 e. The van der Waals surface area contributed by atoms with Crippen LogP contribution in [-0.4, -0.2) is 66.3 Å². The molecule has 0 radical (unpaired) electrons. The summed E-state index contributed by atoms with van der Waals surface area (Å²) >= 11 is 0. The summed E-state index contributed by atoms with van der Waals surface area (Å²) in [5.41, 5.74) is 3.46. The highest BCUT2D eigenvalue weighted by molar-refractivity contribution is 5.93. The van der Waals surface area contributed by atoms with Gasteiger partial charge in [0, 0.05) is 70.0 Å². The Labute approximate surface area is 145 Å². The highest BCUT2D eigenvalue weighted by Crippen LogP contribution is 2.13. The Hall–Kier alpha value is -2.74. The number of piperazine rings is 1. The van der Waals surface area contributed by atoms with E-state index in [0.717, 1.165) is 25.3 Å². The van der Waals surface area contributed by atoms with E-state index in [1.54, 1.807) is 29.0 Å². The average Bonchev–Trinajstić information content (AvgIpc) is 3.18. The van der Waals surface area contributed by atoms with Gasteiger partial charge < -0.3 is 4.90 Å². The molecule has 1 fully saturated rings. The molecule has 0 N–H and O–H groups in total.